The van der Waals surface area contributed by atoms with Gasteiger partial charge in [-0.2, -0.15) is 0 Å². The lowest BCUT2D eigenvalue weighted by atomic mass is 9.68. The van der Waals surface area contributed by atoms with E-state index in [9.17, 15) is 0 Å². The molecule has 148 valence electrons. The highest BCUT2D eigenvalue weighted by Gasteiger charge is 2.47. The fourth-order valence-electron chi connectivity index (χ4n) is 4.71. The molecule has 1 aromatic rings. The Hall–Kier alpha value is -0.570. The highest BCUT2D eigenvalue weighted by Crippen LogP contribution is 2.45. The first-order valence-corrected chi connectivity index (χ1v) is 11.2. The van der Waals surface area contributed by atoms with Gasteiger partial charge in [-0.1, -0.05) is 64.3 Å². The van der Waals surface area contributed by atoms with Crippen molar-refractivity contribution in [3.8, 4) is 0 Å². The second kappa shape index (κ2) is 10.7. The van der Waals surface area contributed by atoms with Crippen molar-refractivity contribution >= 4 is 11.6 Å². The summed E-state index contributed by atoms with van der Waals surface area (Å²) in [6, 6.07) is 9.24. The molecule has 0 bridgehead atoms. The molecule has 3 unspecified atom stereocenters. The van der Waals surface area contributed by atoms with Crippen LogP contribution in [0.1, 0.15) is 78.2 Å². The van der Waals surface area contributed by atoms with E-state index in [2.05, 4.69) is 62.2 Å². The van der Waals surface area contributed by atoms with Crippen molar-refractivity contribution in [3.63, 3.8) is 0 Å². The number of likely N-dealkylation sites (N-methyl/N-ethyl adjacent to an activating group) is 1. The quantitative estimate of drug-likeness (QED) is 0.518. The summed E-state index contributed by atoms with van der Waals surface area (Å²) in [5.74, 6) is 0.790. The highest BCUT2D eigenvalue weighted by molar-refractivity contribution is 6.30. The second-order valence-corrected chi connectivity index (χ2v) is 8.55. The first-order chi connectivity index (χ1) is 12.6. The zero-order valence-corrected chi connectivity index (χ0v) is 18.1. The minimum Gasteiger partial charge on any atom is -0.312 e. The molecular formula is C23H39ClN2. The minimum atomic E-state index is 0.0947. The van der Waals surface area contributed by atoms with Crippen LogP contribution < -0.4 is 5.32 Å². The Morgan fingerprint density at radius 2 is 1.69 bits per heavy atom. The molecule has 1 aromatic carbocycles. The molecule has 26 heavy (non-hydrogen) atoms. The van der Waals surface area contributed by atoms with Gasteiger partial charge in [-0.25, -0.2) is 0 Å². The first kappa shape index (κ1) is 21.7. The number of unbranched alkanes of at least 4 members (excludes halogenated alkanes) is 2. The third kappa shape index (κ3) is 5.03. The van der Waals surface area contributed by atoms with Gasteiger partial charge in [0.25, 0.3) is 0 Å². The topological polar surface area (TPSA) is 15.3 Å². The van der Waals surface area contributed by atoms with Gasteiger partial charge in [-0.15, -0.1) is 0 Å². The van der Waals surface area contributed by atoms with Crippen LogP contribution in [0.2, 0.25) is 5.02 Å². The fraction of sp³-hybridized carbons (Fsp3) is 0.739. The fourth-order valence-corrected chi connectivity index (χ4v) is 4.83. The van der Waals surface area contributed by atoms with E-state index >= 15 is 0 Å². The maximum absolute atomic E-state index is 6.23. The monoisotopic (exact) mass is 378 g/mol. The van der Waals surface area contributed by atoms with E-state index in [1.807, 2.05) is 0 Å². The zero-order valence-electron chi connectivity index (χ0n) is 17.4. The molecule has 0 aromatic heterocycles. The number of nitrogens with zero attached hydrogens (tertiary/aromatic N) is 1. The Balaban J connectivity index is 2.48. The molecule has 0 aliphatic heterocycles. The van der Waals surface area contributed by atoms with Crippen LogP contribution >= 0.6 is 11.6 Å². The molecule has 1 aliphatic rings. The van der Waals surface area contributed by atoms with E-state index in [0.29, 0.717) is 6.04 Å². The van der Waals surface area contributed by atoms with Crippen molar-refractivity contribution in [2.24, 2.45) is 5.92 Å². The van der Waals surface area contributed by atoms with Gasteiger partial charge in [0, 0.05) is 11.1 Å². The van der Waals surface area contributed by atoms with Crippen LogP contribution in [0.25, 0.3) is 0 Å². The molecule has 0 saturated heterocycles. The molecule has 0 radical (unpaired) electrons. The first-order valence-electron chi connectivity index (χ1n) is 10.8. The summed E-state index contributed by atoms with van der Waals surface area (Å²) in [6.45, 7) is 12.7. The van der Waals surface area contributed by atoms with Crippen LogP contribution in [-0.2, 0) is 5.54 Å². The number of halogens is 1. The standard InChI is InChI=1S/C23H39ClN2/c1-5-8-16-26(17-9-6-2)23(20-10-12-21(24)13-11-20)15-14-19(4)18-22(23)25-7-3/h10-13,19,22,25H,5-9,14-18H2,1-4H3. The summed E-state index contributed by atoms with van der Waals surface area (Å²) in [4.78, 5) is 2.82. The van der Waals surface area contributed by atoms with Gasteiger partial charge in [-0.05, 0) is 75.4 Å². The Labute approximate surface area is 166 Å². The average Bonchev–Trinajstić information content (AvgIpc) is 2.64. The SMILES string of the molecule is CCCCN(CCCC)C1(c2ccc(Cl)cc2)CCC(C)CC1NCC. The number of benzene rings is 1. The predicted molar refractivity (Wildman–Crippen MR) is 115 cm³/mol. The van der Waals surface area contributed by atoms with Gasteiger partial charge in [0.05, 0.1) is 5.54 Å². The number of rotatable bonds is 10. The summed E-state index contributed by atoms with van der Waals surface area (Å²) in [5, 5.41) is 4.71. The maximum Gasteiger partial charge on any atom is 0.0615 e. The van der Waals surface area contributed by atoms with Crippen molar-refractivity contribution in [3.05, 3.63) is 34.9 Å². The van der Waals surface area contributed by atoms with E-state index in [4.69, 9.17) is 11.6 Å². The van der Waals surface area contributed by atoms with E-state index in [0.717, 1.165) is 17.5 Å². The summed E-state index contributed by atoms with van der Waals surface area (Å²) < 4.78 is 0. The Bertz CT molecular complexity index is 507. The molecule has 1 saturated carbocycles. The van der Waals surface area contributed by atoms with Crippen LogP contribution in [-0.4, -0.2) is 30.6 Å². The number of nitrogens with one attached hydrogen (secondary N) is 1. The molecule has 0 spiro atoms. The summed E-state index contributed by atoms with van der Waals surface area (Å²) in [6.07, 6.45) is 8.84. The molecule has 1 fully saturated rings. The minimum absolute atomic E-state index is 0.0947. The van der Waals surface area contributed by atoms with E-state index < -0.39 is 0 Å². The summed E-state index contributed by atoms with van der Waals surface area (Å²) in [7, 11) is 0. The lowest BCUT2D eigenvalue weighted by Crippen LogP contribution is -2.61. The van der Waals surface area contributed by atoms with Crippen molar-refractivity contribution in [1.82, 2.24) is 10.2 Å². The molecule has 2 nitrogen and oxygen atoms in total. The number of hydrogen-bond acceptors (Lipinski definition) is 2. The molecule has 2 rings (SSSR count). The Morgan fingerprint density at radius 3 is 2.23 bits per heavy atom. The maximum atomic E-state index is 6.23. The van der Waals surface area contributed by atoms with E-state index in [-0.39, 0.29) is 5.54 Å². The summed E-state index contributed by atoms with van der Waals surface area (Å²) >= 11 is 6.23. The largest absolute Gasteiger partial charge is 0.312 e. The van der Waals surface area contributed by atoms with Crippen LogP contribution in [0.4, 0.5) is 0 Å². The molecule has 1 N–H and O–H groups in total. The smallest absolute Gasteiger partial charge is 0.0615 e. The van der Waals surface area contributed by atoms with Gasteiger partial charge in [-0.3, -0.25) is 4.90 Å². The van der Waals surface area contributed by atoms with Gasteiger partial charge in [0.2, 0.25) is 0 Å². The third-order valence-electron chi connectivity index (χ3n) is 6.15. The van der Waals surface area contributed by atoms with Crippen LogP contribution in [0.3, 0.4) is 0 Å². The molecule has 0 amide bonds. The lowest BCUT2D eigenvalue weighted by molar-refractivity contribution is 0.000626. The molecular weight excluding hydrogens is 340 g/mol. The normalized spacial score (nSPS) is 26.4. The van der Waals surface area contributed by atoms with Crippen molar-refractivity contribution in [2.45, 2.75) is 84.2 Å². The number of hydrogen-bond donors (Lipinski definition) is 1. The molecule has 3 atom stereocenters. The van der Waals surface area contributed by atoms with Gasteiger partial charge < -0.3 is 5.32 Å². The predicted octanol–water partition coefficient (Wildman–Crippen LogP) is 6.24. The lowest BCUT2D eigenvalue weighted by Gasteiger charge is -2.54. The Kier molecular flexibility index (Phi) is 8.93. The van der Waals surface area contributed by atoms with Crippen molar-refractivity contribution < 1.29 is 0 Å². The van der Waals surface area contributed by atoms with Crippen LogP contribution in [0.5, 0.6) is 0 Å². The van der Waals surface area contributed by atoms with Gasteiger partial charge in [0.15, 0.2) is 0 Å². The Morgan fingerprint density at radius 1 is 1.08 bits per heavy atom. The van der Waals surface area contributed by atoms with Crippen molar-refractivity contribution in [2.75, 3.05) is 19.6 Å². The van der Waals surface area contributed by atoms with E-state index in [1.165, 1.54) is 63.6 Å². The van der Waals surface area contributed by atoms with Crippen molar-refractivity contribution in [1.29, 1.82) is 0 Å². The zero-order chi connectivity index (χ0) is 19.0. The molecule has 3 heteroatoms. The molecule has 1 aliphatic carbocycles. The average molecular weight is 379 g/mol. The highest BCUT2D eigenvalue weighted by atomic mass is 35.5. The molecule has 0 heterocycles. The van der Waals surface area contributed by atoms with Gasteiger partial charge in [0.1, 0.15) is 0 Å². The van der Waals surface area contributed by atoms with E-state index in [1.54, 1.807) is 0 Å². The van der Waals surface area contributed by atoms with Gasteiger partial charge >= 0.3 is 0 Å². The van der Waals surface area contributed by atoms with Crippen LogP contribution in [0, 0.1) is 5.92 Å². The summed E-state index contributed by atoms with van der Waals surface area (Å²) in [5.41, 5.74) is 1.55. The second-order valence-electron chi connectivity index (χ2n) is 8.12. The van der Waals surface area contributed by atoms with Crippen LogP contribution in [0.15, 0.2) is 24.3 Å². The third-order valence-corrected chi connectivity index (χ3v) is 6.41.